The monoisotopic (exact) mass is 588 g/mol. The number of nitrogens with zero attached hydrogens (tertiary/aromatic N) is 1. The van der Waals surface area contributed by atoms with E-state index in [1.807, 2.05) is 79.7 Å². The lowest BCUT2D eigenvalue weighted by atomic mass is 9.93. The normalized spacial score (nSPS) is 13.5. The van der Waals surface area contributed by atoms with E-state index in [2.05, 4.69) is 26.4 Å². The van der Waals surface area contributed by atoms with Crippen LogP contribution in [0.15, 0.2) is 81.8 Å². The molecule has 1 aliphatic carbocycles. The molecule has 200 valence electrons. The van der Waals surface area contributed by atoms with E-state index < -0.39 is 11.5 Å². The Balaban J connectivity index is 1.24. The maximum Gasteiger partial charge on any atom is 0.411 e. The first kappa shape index (κ1) is 26.7. The molecule has 0 spiro atoms. The number of anilines is 1. The second-order valence-corrected chi connectivity index (χ2v) is 10.5. The molecule has 39 heavy (non-hydrogen) atoms. The highest BCUT2D eigenvalue weighted by Gasteiger charge is 2.52. The summed E-state index contributed by atoms with van der Waals surface area (Å²) in [5, 5.41) is 6.82. The fraction of sp³-hybridized carbons (Fsp3) is 0.258. The number of aryl methyl sites for hydroxylation is 1. The third-order valence-electron chi connectivity index (χ3n) is 6.94. The van der Waals surface area contributed by atoms with Crippen molar-refractivity contribution in [2.45, 2.75) is 38.5 Å². The van der Waals surface area contributed by atoms with Gasteiger partial charge in [0.15, 0.2) is 5.76 Å². The van der Waals surface area contributed by atoms with E-state index in [9.17, 15) is 9.59 Å². The van der Waals surface area contributed by atoms with E-state index >= 15 is 0 Å². The van der Waals surface area contributed by atoms with Crippen molar-refractivity contribution in [3.8, 4) is 22.5 Å². The molecule has 7 nitrogen and oxygen atoms in total. The lowest BCUT2D eigenvalue weighted by Gasteiger charge is -2.14. The zero-order valence-corrected chi connectivity index (χ0v) is 23.4. The number of rotatable bonds is 9. The second kappa shape index (κ2) is 11.5. The van der Waals surface area contributed by atoms with E-state index in [1.165, 1.54) is 0 Å². The van der Waals surface area contributed by atoms with Gasteiger partial charge in [-0.15, -0.1) is 0 Å². The van der Waals surface area contributed by atoms with Crippen LogP contribution in [0.1, 0.15) is 36.6 Å². The molecule has 0 radical (unpaired) electrons. The zero-order chi connectivity index (χ0) is 27.4. The van der Waals surface area contributed by atoms with Gasteiger partial charge < -0.3 is 14.0 Å². The number of aromatic nitrogens is 1. The van der Waals surface area contributed by atoms with Crippen LogP contribution in [0, 0.1) is 6.92 Å². The summed E-state index contributed by atoms with van der Waals surface area (Å²) in [6.07, 6.45) is 1.69. The summed E-state index contributed by atoms with van der Waals surface area (Å²) < 4.78 is 17.2. The number of amides is 1. The first-order valence-corrected chi connectivity index (χ1v) is 13.7. The molecule has 0 aliphatic heterocycles. The number of carbonyl (C=O) groups is 2. The molecule has 0 saturated heterocycles. The quantitative estimate of drug-likeness (QED) is 0.204. The van der Waals surface area contributed by atoms with Gasteiger partial charge in [0.2, 0.25) is 0 Å². The van der Waals surface area contributed by atoms with E-state index in [0.29, 0.717) is 30.2 Å². The molecule has 3 aromatic carbocycles. The van der Waals surface area contributed by atoms with Gasteiger partial charge in [-0.3, -0.25) is 10.1 Å². The smallest absolute Gasteiger partial charge is 0.411 e. The van der Waals surface area contributed by atoms with E-state index in [0.717, 1.165) is 45.1 Å². The molecule has 8 heteroatoms. The van der Waals surface area contributed by atoms with Crippen molar-refractivity contribution in [3.05, 3.63) is 94.1 Å². The van der Waals surface area contributed by atoms with Gasteiger partial charge in [0, 0.05) is 16.5 Å². The maximum atomic E-state index is 12.5. The summed E-state index contributed by atoms with van der Waals surface area (Å²) in [6, 6.07) is 23.8. The van der Waals surface area contributed by atoms with Crippen molar-refractivity contribution in [1.29, 1.82) is 0 Å². The molecule has 1 N–H and O–H groups in total. The summed E-state index contributed by atoms with van der Waals surface area (Å²) in [7, 11) is 0. The van der Waals surface area contributed by atoms with Crippen LogP contribution >= 0.6 is 15.9 Å². The topological polar surface area (TPSA) is 90.7 Å². The Morgan fingerprint density at radius 2 is 1.64 bits per heavy atom. The summed E-state index contributed by atoms with van der Waals surface area (Å²) in [5.74, 6) is 0.325. The van der Waals surface area contributed by atoms with Gasteiger partial charge in [-0.25, -0.2) is 4.79 Å². The lowest BCUT2D eigenvalue weighted by Crippen LogP contribution is -2.23. The number of hydrogen-bond donors (Lipinski definition) is 1. The molecule has 1 amide bonds. The van der Waals surface area contributed by atoms with E-state index in [-0.39, 0.29) is 12.6 Å². The minimum absolute atomic E-state index is 0.137. The third-order valence-corrected chi connectivity index (χ3v) is 7.43. The Bertz CT molecular complexity index is 1470. The standard InChI is InChI=1S/C31H29BrN2O5/c1-3-37-29(35)31(16-17-31)25-13-11-23(12-14-25)22-7-9-24(10-8-22)28-27(20(2)34-39-28)33-30(36)38-18-15-21-5-4-6-26(32)19-21/h4-14,19H,3,15-18H2,1-2H3,(H,33,36). The fourth-order valence-electron chi connectivity index (χ4n) is 4.61. The lowest BCUT2D eigenvalue weighted by molar-refractivity contribution is -0.146. The van der Waals surface area contributed by atoms with Crippen molar-refractivity contribution in [1.82, 2.24) is 5.16 Å². The van der Waals surface area contributed by atoms with E-state index in [4.69, 9.17) is 14.0 Å². The molecule has 0 atom stereocenters. The zero-order valence-electron chi connectivity index (χ0n) is 21.8. The molecule has 1 heterocycles. The van der Waals surface area contributed by atoms with Crippen LogP contribution in [0.25, 0.3) is 22.5 Å². The van der Waals surface area contributed by atoms with Crippen molar-refractivity contribution >= 4 is 33.7 Å². The average molecular weight is 589 g/mol. The van der Waals surface area contributed by atoms with Crippen LogP contribution in [0.3, 0.4) is 0 Å². The highest BCUT2D eigenvalue weighted by molar-refractivity contribution is 9.10. The summed E-state index contributed by atoms with van der Waals surface area (Å²) in [4.78, 5) is 24.9. The molecule has 1 aromatic heterocycles. The number of nitrogens with one attached hydrogen (secondary N) is 1. The summed E-state index contributed by atoms with van der Waals surface area (Å²) in [5.41, 5.74) is 5.45. The Labute approximate surface area is 235 Å². The fourth-order valence-corrected chi connectivity index (χ4v) is 5.05. The molecule has 1 saturated carbocycles. The Morgan fingerprint density at radius 3 is 2.28 bits per heavy atom. The predicted molar refractivity (Wildman–Crippen MR) is 152 cm³/mol. The van der Waals surface area contributed by atoms with Gasteiger partial charge in [0.25, 0.3) is 0 Å². The van der Waals surface area contributed by atoms with Crippen LogP contribution in [0.2, 0.25) is 0 Å². The van der Waals surface area contributed by atoms with Gasteiger partial charge >= 0.3 is 12.1 Å². The predicted octanol–water partition coefficient (Wildman–Crippen LogP) is 7.47. The first-order chi connectivity index (χ1) is 18.9. The SMILES string of the molecule is CCOC(=O)C1(c2ccc(-c3ccc(-c4onc(C)c4NC(=O)OCCc4cccc(Br)c4)cc3)cc2)CC1. The third kappa shape index (κ3) is 5.91. The Morgan fingerprint density at radius 1 is 0.974 bits per heavy atom. The number of halogens is 1. The van der Waals surface area contributed by atoms with Crippen LogP contribution < -0.4 is 5.32 Å². The molecule has 0 bridgehead atoms. The molecule has 0 unspecified atom stereocenters. The number of benzene rings is 3. The Kier molecular flexibility index (Phi) is 7.84. The molecule has 5 rings (SSSR count). The average Bonchev–Trinajstić information content (AvgIpc) is 3.68. The van der Waals surface area contributed by atoms with Gasteiger partial charge in [0.1, 0.15) is 11.4 Å². The van der Waals surface area contributed by atoms with Gasteiger partial charge in [-0.2, -0.15) is 0 Å². The van der Waals surface area contributed by atoms with E-state index in [1.54, 1.807) is 6.92 Å². The first-order valence-electron chi connectivity index (χ1n) is 12.9. The van der Waals surface area contributed by atoms with Gasteiger partial charge in [-0.05, 0) is 61.1 Å². The minimum Gasteiger partial charge on any atom is -0.465 e. The Hall–Kier alpha value is -3.91. The number of ether oxygens (including phenoxy) is 2. The highest BCUT2D eigenvalue weighted by atomic mass is 79.9. The minimum atomic E-state index is -0.564. The number of esters is 1. The van der Waals surface area contributed by atoms with Gasteiger partial charge in [-0.1, -0.05) is 81.8 Å². The molecule has 4 aromatic rings. The van der Waals surface area contributed by atoms with Crippen molar-refractivity contribution in [2.24, 2.45) is 0 Å². The van der Waals surface area contributed by atoms with Crippen LogP contribution in [0.4, 0.5) is 10.5 Å². The number of carbonyl (C=O) groups excluding carboxylic acids is 2. The summed E-state index contributed by atoms with van der Waals surface area (Å²) >= 11 is 3.45. The molecule has 1 fully saturated rings. The van der Waals surface area contributed by atoms with Gasteiger partial charge in [0.05, 0.1) is 18.6 Å². The van der Waals surface area contributed by atoms with Crippen molar-refractivity contribution in [3.63, 3.8) is 0 Å². The summed E-state index contributed by atoms with van der Waals surface area (Å²) in [6.45, 7) is 4.23. The van der Waals surface area contributed by atoms with Crippen LogP contribution in [-0.4, -0.2) is 30.4 Å². The number of hydrogen-bond acceptors (Lipinski definition) is 6. The van der Waals surface area contributed by atoms with Crippen molar-refractivity contribution < 1.29 is 23.6 Å². The second-order valence-electron chi connectivity index (χ2n) is 9.57. The van der Waals surface area contributed by atoms with Crippen LogP contribution in [-0.2, 0) is 26.1 Å². The van der Waals surface area contributed by atoms with Crippen molar-refractivity contribution in [2.75, 3.05) is 18.5 Å². The molecular formula is C31H29BrN2O5. The molecule has 1 aliphatic rings. The highest BCUT2D eigenvalue weighted by Crippen LogP contribution is 2.49. The maximum absolute atomic E-state index is 12.5. The molecular weight excluding hydrogens is 560 g/mol. The van der Waals surface area contributed by atoms with Crippen LogP contribution in [0.5, 0.6) is 0 Å². The largest absolute Gasteiger partial charge is 0.465 e.